The van der Waals surface area contributed by atoms with Crippen LogP contribution < -0.4 is 16.0 Å². The van der Waals surface area contributed by atoms with Crippen LogP contribution in [-0.2, 0) is 4.74 Å². The summed E-state index contributed by atoms with van der Waals surface area (Å²) in [6.45, 7) is 3.46. The molecule has 0 bridgehead atoms. The number of carbonyl (C=O) groups is 1. The Bertz CT molecular complexity index is 521. The maximum absolute atomic E-state index is 12.1. The molecule has 1 saturated heterocycles. The predicted octanol–water partition coefficient (Wildman–Crippen LogP) is 0.658. The highest BCUT2D eigenvalue weighted by atomic mass is 32.2. The molecule has 1 aromatic rings. The number of carbonyl (C=O) groups excluding carboxylic acids is 1. The lowest BCUT2D eigenvalue weighted by Gasteiger charge is -2.25. The highest BCUT2D eigenvalue weighted by Crippen LogP contribution is 2.28. The average molecular weight is 326 g/mol. The maximum Gasteiger partial charge on any atom is 0.265 e. The van der Waals surface area contributed by atoms with E-state index >= 15 is 0 Å². The third-order valence-electron chi connectivity index (χ3n) is 2.85. The van der Waals surface area contributed by atoms with Crippen LogP contribution in [0.2, 0.25) is 0 Å². The Kier molecular flexibility index (Phi) is 6.17. The molecule has 2 heterocycles. The van der Waals surface area contributed by atoms with Crippen molar-refractivity contribution in [2.24, 2.45) is 0 Å². The highest BCUT2D eigenvalue weighted by Gasteiger charge is 2.20. The molecule has 1 fully saturated rings. The minimum absolute atomic E-state index is 0.175. The summed E-state index contributed by atoms with van der Waals surface area (Å²) in [5.74, 6) is 4.09. The number of thiazole rings is 1. The fourth-order valence-corrected chi connectivity index (χ4v) is 3.28. The molecule has 6 nitrogen and oxygen atoms in total. The largest absolute Gasteiger partial charge is 0.382 e. The summed E-state index contributed by atoms with van der Waals surface area (Å²) in [5.41, 5.74) is 5.85. The van der Waals surface area contributed by atoms with Crippen molar-refractivity contribution in [2.75, 3.05) is 55.0 Å². The molecule has 1 aliphatic rings. The van der Waals surface area contributed by atoms with Crippen molar-refractivity contribution in [1.82, 2.24) is 10.3 Å². The van der Waals surface area contributed by atoms with E-state index in [0.717, 1.165) is 24.0 Å². The monoisotopic (exact) mass is 326 g/mol. The van der Waals surface area contributed by atoms with Crippen molar-refractivity contribution < 1.29 is 9.53 Å². The lowest BCUT2D eigenvalue weighted by molar-refractivity contribution is 0.0961. The summed E-state index contributed by atoms with van der Waals surface area (Å²) in [6.07, 6.45) is 5.16. The SMILES string of the molecule is C#CCSCCNC(=O)c1sc(N2CCOCC2)nc1N. The molecule has 3 N–H and O–H groups in total. The molecule has 1 amide bonds. The number of nitrogens with one attached hydrogen (secondary N) is 1. The number of rotatable bonds is 6. The van der Waals surface area contributed by atoms with Crippen LogP contribution in [0.15, 0.2) is 0 Å². The zero-order chi connectivity index (χ0) is 15.1. The van der Waals surface area contributed by atoms with Crippen LogP contribution in [0.5, 0.6) is 0 Å². The van der Waals surface area contributed by atoms with Crippen LogP contribution in [0.4, 0.5) is 10.9 Å². The summed E-state index contributed by atoms with van der Waals surface area (Å²) in [7, 11) is 0. The second-order valence-electron chi connectivity index (χ2n) is 4.32. The van der Waals surface area contributed by atoms with Crippen LogP contribution in [0.1, 0.15) is 9.67 Å². The van der Waals surface area contributed by atoms with E-state index in [1.165, 1.54) is 11.3 Å². The van der Waals surface area contributed by atoms with Gasteiger partial charge in [-0.1, -0.05) is 17.3 Å². The van der Waals surface area contributed by atoms with Gasteiger partial charge in [-0.15, -0.1) is 18.2 Å². The van der Waals surface area contributed by atoms with Crippen molar-refractivity contribution in [3.63, 3.8) is 0 Å². The van der Waals surface area contributed by atoms with Crippen LogP contribution in [0.3, 0.4) is 0 Å². The lowest BCUT2D eigenvalue weighted by atomic mass is 10.4. The number of nitrogens with zero attached hydrogens (tertiary/aromatic N) is 2. The summed E-state index contributed by atoms with van der Waals surface area (Å²) < 4.78 is 5.30. The topological polar surface area (TPSA) is 80.5 Å². The van der Waals surface area contributed by atoms with Gasteiger partial charge in [0.1, 0.15) is 10.7 Å². The molecule has 1 aliphatic heterocycles. The van der Waals surface area contributed by atoms with Gasteiger partial charge in [0.05, 0.1) is 19.0 Å². The van der Waals surface area contributed by atoms with Gasteiger partial charge < -0.3 is 20.7 Å². The summed E-state index contributed by atoms with van der Waals surface area (Å²) in [4.78, 5) is 18.9. The Morgan fingerprint density at radius 3 is 3.05 bits per heavy atom. The van der Waals surface area contributed by atoms with E-state index in [0.29, 0.717) is 30.4 Å². The normalized spacial score (nSPS) is 14.7. The Morgan fingerprint density at radius 1 is 1.57 bits per heavy atom. The summed E-state index contributed by atoms with van der Waals surface area (Å²) in [5, 5.41) is 3.61. The Hall–Kier alpha value is -1.43. The molecule has 114 valence electrons. The number of thioether (sulfide) groups is 1. The van der Waals surface area contributed by atoms with Gasteiger partial charge in [0.25, 0.3) is 5.91 Å². The number of terminal acetylenes is 1. The average Bonchev–Trinajstić information content (AvgIpc) is 2.90. The third kappa shape index (κ3) is 4.52. The van der Waals surface area contributed by atoms with Gasteiger partial charge in [0, 0.05) is 25.4 Å². The van der Waals surface area contributed by atoms with Gasteiger partial charge in [-0.2, -0.15) is 0 Å². The van der Waals surface area contributed by atoms with Crippen LogP contribution in [-0.4, -0.2) is 55.2 Å². The number of hydrogen-bond donors (Lipinski definition) is 2. The lowest BCUT2D eigenvalue weighted by Crippen LogP contribution is -2.36. The number of aromatic nitrogens is 1. The first kappa shape index (κ1) is 15.9. The van der Waals surface area contributed by atoms with Gasteiger partial charge >= 0.3 is 0 Å². The van der Waals surface area contributed by atoms with Crippen molar-refractivity contribution in [3.05, 3.63) is 4.88 Å². The molecule has 0 atom stereocenters. The van der Waals surface area contributed by atoms with Gasteiger partial charge in [-0.3, -0.25) is 4.79 Å². The minimum Gasteiger partial charge on any atom is -0.382 e. The van der Waals surface area contributed by atoms with Crippen LogP contribution >= 0.6 is 23.1 Å². The Labute approximate surface area is 132 Å². The summed E-state index contributed by atoms with van der Waals surface area (Å²) >= 11 is 2.93. The molecule has 0 radical (unpaired) electrons. The number of hydrogen-bond acceptors (Lipinski definition) is 7. The van der Waals surface area contributed by atoms with Gasteiger partial charge in [-0.05, 0) is 0 Å². The molecule has 0 unspecified atom stereocenters. The second-order valence-corrected chi connectivity index (χ2v) is 6.41. The van der Waals surface area contributed by atoms with E-state index in [2.05, 4.69) is 21.1 Å². The number of amides is 1. The smallest absolute Gasteiger partial charge is 0.265 e. The number of nitrogens with two attached hydrogens (primary N) is 1. The maximum atomic E-state index is 12.1. The van der Waals surface area contributed by atoms with E-state index in [9.17, 15) is 4.79 Å². The van der Waals surface area contributed by atoms with Crippen molar-refractivity contribution in [1.29, 1.82) is 0 Å². The molecular weight excluding hydrogens is 308 g/mol. The first-order chi connectivity index (χ1) is 10.2. The molecule has 21 heavy (non-hydrogen) atoms. The molecular formula is C13H18N4O2S2. The molecule has 0 saturated carbocycles. The molecule has 2 rings (SSSR count). The minimum atomic E-state index is -0.175. The molecule has 0 aromatic carbocycles. The van der Waals surface area contributed by atoms with Gasteiger partial charge in [-0.25, -0.2) is 4.98 Å². The molecule has 1 aromatic heterocycles. The van der Waals surface area contributed by atoms with E-state index in [4.69, 9.17) is 16.9 Å². The Morgan fingerprint density at radius 2 is 2.33 bits per heavy atom. The van der Waals surface area contributed by atoms with E-state index < -0.39 is 0 Å². The number of ether oxygens (including phenoxy) is 1. The standard InChI is InChI=1S/C13H18N4O2S2/c1-2-8-20-9-3-15-12(18)10-11(14)16-13(21-10)17-4-6-19-7-5-17/h1H,3-9,14H2,(H,15,18). The third-order valence-corrected chi connectivity index (χ3v) is 4.84. The molecule has 0 spiro atoms. The van der Waals surface area contributed by atoms with Crippen LogP contribution in [0.25, 0.3) is 0 Å². The van der Waals surface area contributed by atoms with E-state index in [1.807, 2.05) is 0 Å². The first-order valence-corrected chi connectivity index (χ1v) is 8.58. The summed E-state index contributed by atoms with van der Waals surface area (Å²) in [6, 6.07) is 0. The predicted molar refractivity (Wildman–Crippen MR) is 88.0 cm³/mol. The quantitative estimate of drug-likeness (QED) is 0.590. The fourth-order valence-electron chi connectivity index (χ4n) is 1.82. The van der Waals surface area contributed by atoms with Crippen LogP contribution in [0, 0.1) is 12.3 Å². The number of nitrogen functional groups attached to an aromatic ring is 1. The molecule has 0 aliphatic carbocycles. The Balaban J connectivity index is 1.89. The first-order valence-electron chi connectivity index (χ1n) is 6.60. The number of morpholine rings is 1. The molecule has 8 heteroatoms. The van der Waals surface area contributed by atoms with Gasteiger partial charge in [0.15, 0.2) is 5.13 Å². The second kappa shape index (κ2) is 8.12. The van der Waals surface area contributed by atoms with Crippen molar-refractivity contribution >= 4 is 40.0 Å². The van der Waals surface area contributed by atoms with Crippen molar-refractivity contribution in [2.45, 2.75) is 0 Å². The van der Waals surface area contributed by atoms with E-state index in [1.54, 1.807) is 11.8 Å². The zero-order valence-corrected chi connectivity index (χ0v) is 13.3. The van der Waals surface area contributed by atoms with Crippen molar-refractivity contribution in [3.8, 4) is 12.3 Å². The van der Waals surface area contributed by atoms with Gasteiger partial charge in [0.2, 0.25) is 0 Å². The zero-order valence-electron chi connectivity index (χ0n) is 11.6. The number of anilines is 2. The fraction of sp³-hybridized carbons (Fsp3) is 0.538. The highest BCUT2D eigenvalue weighted by molar-refractivity contribution is 7.99. The van der Waals surface area contributed by atoms with E-state index in [-0.39, 0.29) is 11.7 Å².